The van der Waals surface area contributed by atoms with Crippen LogP contribution in [0, 0.1) is 13.8 Å². The van der Waals surface area contributed by atoms with Gasteiger partial charge in [0.15, 0.2) is 11.0 Å². The zero-order valence-corrected chi connectivity index (χ0v) is 16.7. The van der Waals surface area contributed by atoms with Crippen LogP contribution in [-0.4, -0.2) is 33.5 Å². The van der Waals surface area contributed by atoms with Crippen LogP contribution in [0.15, 0.2) is 34.8 Å². The maximum absolute atomic E-state index is 12.2. The van der Waals surface area contributed by atoms with E-state index in [0.717, 1.165) is 11.4 Å². The van der Waals surface area contributed by atoms with Gasteiger partial charge in [0.05, 0.1) is 12.9 Å². The Labute approximate surface area is 160 Å². The van der Waals surface area contributed by atoms with Crippen LogP contribution in [0.1, 0.15) is 10.4 Å². The van der Waals surface area contributed by atoms with Gasteiger partial charge in [-0.3, -0.25) is 4.79 Å². The Morgan fingerprint density at radius 2 is 2.15 bits per heavy atom. The van der Waals surface area contributed by atoms with Crippen molar-refractivity contribution in [3.05, 3.63) is 40.1 Å². The van der Waals surface area contributed by atoms with Crippen LogP contribution >= 0.6 is 23.1 Å². The number of carbonyl (C=O) groups is 1. The van der Waals surface area contributed by atoms with Crippen molar-refractivity contribution >= 4 is 34.7 Å². The number of nitrogens with one attached hydrogen (secondary N) is 1. The average molecular weight is 389 g/mol. The SMILES string of the molecule is COc1cccc(NC(=O)CSc2nnc(-c3csc(C)c3C)n2C)c1. The molecule has 1 amide bonds. The van der Waals surface area contributed by atoms with E-state index < -0.39 is 0 Å². The van der Waals surface area contributed by atoms with Gasteiger partial charge >= 0.3 is 0 Å². The number of hydrogen-bond donors (Lipinski definition) is 1. The summed E-state index contributed by atoms with van der Waals surface area (Å²) in [6.45, 7) is 4.18. The van der Waals surface area contributed by atoms with Gasteiger partial charge in [-0.25, -0.2) is 0 Å². The van der Waals surface area contributed by atoms with Gasteiger partial charge in [-0.05, 0) is 31.5 Å². The van der Waals surface area contributed by atoms with Crippen LogP contribution in [-0.2, 0) is 11.8 Å². The first kappa shape index (κ1) is 18.5. The number of amides is 1. The van der Waals surface area contributed by atoms with Crippen LogP contribution < -0.4 is 10.1 Å². The summed E-state index contributed by atoms with van der Waals surface area (Å²) in [5.74, 6) is 1.68. The van der Waals surface area contributed by atoms with Gasteiger partial charge in [0.25, 0.3) is 0 Å². The molecule has 0 saturated heterocycles. The van der Waals surface area contributed by atoms with Gasteiger partial charge < -0.3 is 14.6 Å². The third-order valence-corrected chi connectivity index (χ3v) is 6.08. The fourth-order valence-electron chi connectivity index (χ4n) is 2.44. The lowest BCUT2D eigenvalue weighted by Crippen LogP contribution is -2.14. The summed E-state index contributed by atoms with van der Waals surface area (Å²) in [6, 6.07) is 7.28. The molecule has 0 fully saturated rings. The van der Waals surface area contributed by atoms with E-state index in [2.05, 4.69) is 34.7 Å². The highest BCUT2D eigenvalue weighted by atomic mass is 32.2. The molecule has 0 bridgehead atoms. The average Bonchev–Trinajstić information content (AvgIpc) is 3.16. The first-order valence-corrected chi connectivity index (χ1v) is 9.87. The standard InChI is InChI=1S/C18H20N4O2S2/c1-11-12(2)25-9-15(11)17-20-21-18(22(17)3)26-10-16(23)19-13-6-5-7-14(8-13)24-4/h5-9H,10H2,1-4H3,(H,19,23). The van der Waals surface area contributed by atoms with E-state index in [1.807, 2.05) is 29.8 Å². The van der Waals surface area contributed by atoms with Crippen molar-refractivity contribution in [2.45, 2.75) is 19.0 Å². The number of hydrogen-bond acceptors (Lipinski definition) is 6. The minimum absolute atomic E-state index is 0.102. The van der Waals surface area contributed by atoms with Crippen LogP contribution in [0.3, 0.4) is 0 Å². The van der Waals surface area contributed by atoms with E-state index in [4.69, 9.17) is 4.74 Å². The summed E-state index contributed by atoms with van der Waals surface area (Å²) in [4.78, 5) is 13.5. The maximum Gasteiger partial charge on any atom is 0.234 e. The largest absolute Gasteiger partial charge is 0.497 e. The molecule has 0 aliphatic carbocycles. The highest BCUT2D eigenvalue weighted by molar-refractivity contribution is 7.99. The number of thiophene rings is 1. The molecule has 1 N–H and O–H groups in total. The van der Waals surface area contributed by atoms with Crippen molar-refractivity contribution in [1.82, 2.24) is 14.8 Å². The number of benzene rings is 1. The Morgan fingerprint density at radius 3 is 2.85 bits per heavy atom. The van der Waals surface area contributed by atoms with Gasteiger partial charge in [-0.2, -0.15) is 0 Å². The molecular formula is C18H20N4O2S2. The van der Waals surface area contributed by atoms with E-state index in [0.29, 0.717) is 16.6 Å². The number of anilines is 1. The van der Waals surface area contributed by atoms with Crippen molar-refractivity contribution in [2.75, 3.05) is 18.2 Å². The van der Waals surface area contributed by atoms with Crippen LogP contribution in [0.4, 0.5) is 5.69 Å². The number of thioether (sulfide) groups is 1. The minimum atomic E-state index is -0.102. The minimum Gasteiger partial charge on any atom is -0.497 e. The molecule has 8 heteroatoms. The number of carbonyl (C=O) groups excluding carboxylic acids is 1. The zero-order valence-electron chi connectivity index (χ0n) is 15.1. The van der Waals surface area contributed by atoms with Crippen LogP contribution in [0.5, 0.6) is 5.75 Å². The zero-order chi connectivity index (χ0) is 18.7. The van der Waals surface area contributed by atoms with E-state index in [9.17, 15) is 4.79 Å². The van der Waals surface area contributed by atoms with Gasteiger partial charge in [0, 0.05) is 34.6 Å². The molecule has 0 saturated carbocycles. The fraction of sp³-hybridized carbons (Fsp3) is 0.278. The summed E-state index contributed by atoms with van der Waals surface area (Å²) < 4.78 is 7.09. The predicted molar refractivity (Wildman–Crippen MR) is 106 cm³/mol. The molecule has 0 atom stereocenters. The summed E-state index contributed by atoms with van der Waals surface area (Å²) in [5.41, 5.74) is 3.02. The third kappa shape index (κ3) is 3.91. The number of ether oxygens (including phenoxy) is 1. The van der Waals surface area contributed by atoms with E-state index in [1.54, 1.807) is 24.5 Å². The Kier molecular flexibility index (Phi) is 5.63. The Balaban J connectivity index is 1.65. The predicted octanol–water partition coefficient (Wildman–Crippen LogP) is 3.90. The number of methoxy groups -OCH3 is 1. The smallest absolute Gasteiger partial charge is 0.234 e. The molecule has 2 aromatic heterocycles. The molecule has 1 aromatic carbocycles. The molecule has 0 radical (unpaired) electrons. The van der Waals surface area contributed by atoms with E-state index in [1.165, 1.54) is 22.2 Å². The Hall–Kier alpha value is -2.32. The third-order valence-electron chi connectivity index (χ3n) is 4.05. The number of nitrogens with zero attached hydrogens (tertiary/aromatic N) is 3. The number of aryl methyl sites for hydroxylation is 1. The Morgan fingerprint density at radius 1 is 1.35 bits per heavy atom. The molecule has 136 valence electrons. The molecular weight excluding hydrogens is 368 g/mol. The molecule has 6 nitrogen and oxygen atoms in total. The van der Waals surface area contributed by atoms with Crippen LogP contribution in [0.25, 0.3) is 11.4 Å². The molecule has 3 rings (SSSR count). The fourth-order valence-corrected chi connectivity index (χ4v) is 4.01. The lowest BCUT2D eigenvalue weighted by atomic mass is 10.2. The molecule has 0 spiro atoms. The highest BCUT2D eigenvalue weighted by Crippen LogP contribution is 2.30. The summed E-state index contributed by atoms with van der Waals surface area (Å²) in [7, 11) is 3.52. The van der Waals surface area contributed by atoms with Gasteiger partial charge in [0.2, 0.25) is 5.91 Å². The number of rotatable bonds is 6. The van der Waals surface area contributed by atoms with Crippen molar-refractivity contribution in [2.24, 2.45) is 7.05 Å². The molecule has 0 unspecified atom stereocenters. The number of aromatic nitrogens is 3. The first-order chi connectivity index (χ1) is 12.5. The summed E-state index contributed by atoms with van der Waals surface area (Å²) in [5, 5.41) is 14.2. The second-order valence-corrected chi connectivity index (χ2v) is 7.79. The molecule has 2 heterocycles. The van der Waals surface area contributed by atoms with Gasteiger partial charge in [-0.1, -0.05) is 17.8 Å². The molecule has 0 aliphatic heterocycles. The topological polar surface area (TPSA) is 69.0 Å². The summed E-state index contributed by atoms with van der Waals surface area (Å²) in [6.07, 6.45) is 0. The quantitative estimate of drug-likeness (QED) is 0.649. The van der Waals surface area contributed by atoms with Gasteiger partial charge in [0.1, 0.15) is 5.75 Å². The monoisotopic (exact) mass is 388 g/mol. The van der Waals surface area contributed by atoms with Gasteiger partial charge in [-0.15, -0.1) is 21.5 Å². The maximum atomic E-state index is 12.2. The molecule has 3 aromatic rings. The molecule has 26 heavy (non-hydrogen) atoms. The lowest BCUT2D eigenvalue weighted by molar-refractivity contribution is -0.113. The van der Waals surface area contributed by atoms with Crippen molar-refractivity contribution in [3.8, 4) is 17.1 Å². The lowest BCUT2D eigenvalue weighted by Gasteiger charge is -2.07. The van der Waals surface area contributed by atoms with E-state index in [-0.39, 0.29) is 11.7 Å². The summed E-state index contributed by atoms with van der Waals surface area (Å²) >= 11 is 3.07. The van der Waals surface area contributed by atoms with Crippen molar-refractivity contribution < 1.29 is 9.53 Å². The van der Waals surface area contributed by atoms with Crippen LogP contribution in [0.2, 0.25) is 0 Å². The first-order valence-electron chi connectivity index (χ1n) is 8.00. The Bertz CT molecular complexity index is 933. The normalized spacial score (nSPS) is 10.8. The second kappa shape index (κ2) is 7.92. The van der Waals surface area contributed by atoms with Crippen molar-refractivity contribution in [3.63, 3.8) is 0 Å². The second-order valence-electron chi connectivity index (χ2n) is 5.76. The van der Waals surface area contributed by atoms with Crippen molar-refractivity contribution in [1.29, 1.82) is 0 Å². The van der Waals surface area contributed by atoms with E-state index >= 15 is 0 Å². The highest BCUT2D eigenvalue weighted by Gasteiger charge is 2.16. The molecule has 0 aliphatic rings.